The van der Waals surface area contributed by atoms with Gasteiger partial charge in [0.1, 0.15) is 19.3 Å². The maximum Gasteiger partial charge on any atom is 0.130 e. The van der Waals surface area contributed by atoms with Crippen LogP contribution in [0.25, 0.3) is 20.2 Å². The quantitative estimate of drug-likeness (QED) is 0.627. The Bertz CT molecular complexity index is 689. The molecule has 1 heterocycles. The molecule has 0 saturated heterocycles. The van der Waals surface area contributed by atoms with Gasteiger partial charge in [-0.2, -0.15) is 0 Å². The van der Waals surface area contributed by atoms with Gasteiger partial charge in [-0.05, 0) is 40.2 Å². The lowest BCUT2D eigenvalue weighted by Crippen LogP contribution is -2.00. The summed E-state index contributed by atoms with van der Waals surface area (Å²) in [6, 6.07) is 6.94. The zero-order chi connectivity index (χ0) is 12.2. The van der Waals surface area contributed by atoms with Crippen molar-refractivity contribution in [2.24, 2.45) is 0 Å². The molecule has 0 atom stereocenters. The molecule has 2 radical (unpaired) electrons. The topological polar surface area (TPSA) is 40.5 Å². The van der Waals surface area contributed by atoms with Gasteiger partial charge < -0.3 is 10.2 Å². The Balaban J connectivity index is 2.51. The second kappa shape index (κ2) is 3.65. The largest absolute Gasteiger partial charge is 0.509 e. The molecule has 82 valence electrons. The zero-order valence-corrected chi connectivity index (χ0v) is 11.0. The van der Waals surface area contributed by atoms with Gasteiger partial charge in [-0.3, -0.25) is 0 Å². The Morgan fingerprint density at radius 2 is 1.53 bits per heavy atom. The average Bonchev–Trinajstić information content (AvgIpc) is 2.58. The maximum atomic E-state index is 9.69. The summed E-state index contributed by atoms with van der Waals surface area (Å²) in [5, 5.41) is 21.1. The van der Waals surface area contributed by atoms with Crippen molar-refractivity contribution in [3.8, 4) is 11.5 Å². The molecule has 3 aromatic rings. The number of hydrogen-bond acceptors (Lipinski definition) is 3. The Hall–Kier alpha value is -1.20. The van der Waals surface area contributed by atoms with Gasteiger partial charge in [0.15, 0.2) is 0 Å². The number of aromatic hydroxyl groups is 2. The van der Waals surface area contributed by atoms with E-state index in [0.717, 1.165) is 20.2 Å². The minimum absolute atomic E-state index is 0.0691. The molecular formula is C12H6BBrO2S. The first-order valence-electron chi connectivity index (χ1n) is 4.89. The van der Waals surface area contributed by atoms with Gasteiger partial charge in [0.05, 0.1) is 4.47 Å². The van der Waals surface area contributed by atoms with Gasteiger partial charge in [0, 0.05) is 20.2 Å². The highest BCUT2D eigenvalue weighted by molar-refractivity contribution is 9.10. The molecular weight excluding hydrogens is 299 g/mol. The predicted octanol–water partition coefficient (Wildman–Crippen LogP) is 3.02. The standard InChI is InChI=1S/C12H6BBrO2S/c13-7-3-11-5(1-9(7)15)6-2-10(16)8(14)4-12(6)17-11/h1-4,15-16H. The third-order valence-electron chi connectivity index (χ3n) is 2.69. The minimum Gasteiger partial charge on any atom is -0.509 e. The first-order valence-corrected chi connectivity index (χ1v) is 6.50. The number of thiophene rings is 1. The van der Waals surface area contributed by atoms with Crippen LogP contribution in [0, 0.1) is 0 Å². The van der Waals surface area contributed by atoms with Crippen molar-refractivity contribution in [2.45, 2.75) is 0 Å². The van der Waals surface area contributed by atoms with Gasteiger partial charge in [0.25, 0.3) is 0 Å². The van der Waals surface area contributed by atoms with Crippen molar-refractivity contribution in [1.29, 1.82) is 0 Å². The van der Waals surface area contributed by atoms with Crippen LogP contribution in [-0.2, 0) is 0 Å². The Morgan fingerprint density at radius 3 is 2.24 bits per heavy atom. The van der Waals surface area contributed by atoms with E-state index >= 15 is 0 Å². The summed E-state index contributed by atoms with van der Waals surface area (Å²) in [6.45, 7) is 0. The summed E-state index contributed by atoms with van der Waals surface area (Å²) in [5.74, 6) is 0.258. The van der Waals surface area contributed by atoms with Crippen LogP contribution in [0.2, 0.25) is 0 Å². The van der Waals surface area contributed by atoms with Crippen molar-refractivity contribution in [1.82, 2.24) is 0 Å². The summed E-state index contributed by atoms with van der Waals surface area (Å²) in [4.78, 5) is 0. The molecule has 1 aromatic heterocycles. The van der Waals surface area contributed by atoms with Crippen LogP contribution in [0.4, 0.5) is 0 Å². The summed E-state index contributed by atoms with van der Waals surface area (Å²) < 4.78 is 2.69. The van der Waals surface area contributed by atoms with Gasteiger partial charge in [0.2, 0.25) is 0 Å². The van der Waals surface area contributed by atoms with Crippen LogP contribution in [0.5, 0.6) is 11.5 Å². The lowest BCUT2D eigenvalue weighted by molar-refractivity contribution is 0.473. The Morgan fingerprint density at radius 1 is 0.941 bits per heavy atom. The molecule has 5 heteroatoms. The normalized spacial score (nSPS) is 11.4. The van der Waals surface area contributed by atoms with Crippen molar-refractivity contribution in [3.63, 3.8) is 0 Å². The molecule has 0 amide bonds. The summed E-state index contributed by atoms with van der Waals surface area (Å²) >= 11 is 4.86. The number of hydrogen-bond donors (Lipinski definition) is 2. The molecule has 0 saturated carbocycles. The minimum atomic E-state index is 0.0691. The van der Waals surface area contributed by atoms with Crippen LogP contribution in [0.1, 0.15) is 0 Å². The fraction of sp³-hybridized carbons (Fsp3) is 0. The van der Waals surface area contributed by atoms with E-state index in [1.165, 1.54) is 0 Å². The molecule has 0 spiro atoms. The molecule has 2 nitrogen and oxygen atoms in total. The summed E-state index contributed by atoms with van der Waals surface area (Å²) in [5.41, 5.74) is 0.368. The van der Waals surface area contributed by atoms with Gasteiger partial charge >= 0.3 is 0 Å². The number of rotatable bonds is 0. The number of phenols is 2. The van der Waals surface area contributed by atoms with Crippen LogP contribution in [0.3, 0.4) is 0 Å². The Kier molecular flexibility index (Phi) is 2.35. The van der Waals surface area contributed by atoms with Crippen LogP contribution < -0.4 is 5.46 Å². The maximum absolute atomic E-state index is 9.69. The van der Waals surface area contributed by atoms with Crippen LogP contribution >= 0.6 is 27.3 Å². The molecule has 2 aromatic carbocycles. The molecule has 0 bridgehead atoms. The molecule has 0 unspecified atom stereocenters. The Labute approximate surface area is 111 Å². The lowest BCUT2D eigenvalue weighted by atomic mass is 9.94. The molecule has 3 rings (SSSR count). The molecule has 0 aliphatic heterocycles. The third kappa shape index (κ3) is 1.61. The first-order chi connectivity index (χ1) is 8.06. The second-order valence-corrected chi connectivity index (χ2v) is 5.75. The van der Waals surface area contributed by atoms with E-state index in [2.05, 4.69) is 15.9 Å². The molecule has 17 heavy (non-hydrogen) atoms. The highest BCUT2D eigenvalue weighted by Crippen LogP contribution is 2.39. The summed E-state index contributed by atoms with van der Waals surface area (Å²) in [7, 11) is 5.67. The van der Waals surface area contributed by atoms with Crippen molar-refractivity contribution >= 4 is 60.7 Å². The van der Waals surface area contributed by atoms with Crippen molar-refractivity contribution in [2.75, 3.05) is 0 Å². The molecule has 0 aliphatic rings. The van der Waals surface area contributed by atoms with Crippen molar-refractivity contribution < 1.29 is 10.2 Å². The van der Waals surface area contributed by atoms with Gasteiger partial charge in [-0.15, -0.1) is 11.3 Å². The third-order valence-corrected chi connectivity index (χ3v) is 4.44. The zero-order valence-electron chi connectivity index (χ0n) is 8.57. The van der Waals surface area contributed by atoms with E-state index in [9.17, 15) is 10.2 Å². The number of halogens is 1. The van der Waals surface area contributed by atoms with E-state index in [1.807, 2.05) is 6.07 Å². The fourth-order valence-electron chi connectivity index (χ4n) is 1.84. The SMILES string of the molecule is [B]c1cc2sc3cc(Br)c(O)cc3c2cc1O. The molecule has 2 N–H and O–H groups in total. The first kappa shape index (κ1) is 10.9. The van der Waals surface area contributed by atoms with Gasteiger partial charge in [-0.1, -0.05) is 5.46 Å². The van der Waals surface area contributed by atoms with E-state index in [4.69, 9.17) is 7.85 Å². The van der Waals surface area contributed by atoms with E-state index in [1.54, 1.807) is 29.5 Å². The van der Waals surface area contributed by atoms with Crippen LogP contribution in [0.15, 0.2) is 28.7 Å². The predicted molar refractivity (Wildman–Crippen MR) is 75.7 cm³/mol. The van der Waals surface area contributed by atoms with Crippen LogP contribution in [-0.4, -0.2) is 18.1 Å². The van der Waals surface area contributed by atoms with Crippen molar-refractivity contribution in [3.05, 3.63) is 28.7 Å². The summed E-state index contributed by atoms with van der Waals surface area (Å²) in [6.07, 6.45) is 0. The number of fused-ring (bicyclic) bond motifs is 3. The highest BCUT2D eigenvalue weighted by Gasteiger charge is 2.10. The number of phenolic OH excluding ortho intramolecular Hbond substituents is 2. The van der Waals surface area contributed by atoms with E-state index < -0.39 is 0 Å². The monoisotopic (exact) mass is 304 g/mol. The van der Waals surface area contributed by atoms with Gasteiger partial charge in [-0.25, -0.2) is 0 Å². The number of benzene rings is 2. The molecule has 0 fully saturated rings. The average molecular weight is 305 g/mol. The highest BCUT2D eigenvalue weighted by atomic mass is 79.9. The molecule has 0 aliphatic carbocycles. The van der Waals surface area contributed by atoms with E-state index in [0.29, 0.717) is 9.94 Å². The fourth-order valence-corrected chi connectivity index (χ4v) is 3.49. The van der Waals surface area contributed by atoms with E-state index in [-0.39, 0.29) is 11.5 Å². The lowest BCUT2D eigenvalue weighted by Gasteiger charge is -1.99. The second-order valence-electron chi connectivity index (χ2n) is 3.81. The smallest absolute Gasteiger partial charge is 0.130 e.